The molecule has 0 saturated carbocycles. The van der Waals surface area contributed by atoms with Gasteiger partial charge in [-0.3, -0.25) is 18.5 Å². The molecule has 0 spiro atoms. The zero-order chi connectivity index (χ0) is 23.9. The molecule has 0 radical (unpaired) electrons. The van der Waals surface area contributed by atoms with Crippen LogP contribution in [0.4, 0.5) is 13.2 Å². The van der Waals surface area contributed by atoms with Gasteiger partial charge in [0, 0.05) is 18.6 Å². The van der Waals surface area contributed by atoms with Crippen LogP contribution in [-0.4, -0.2) is 18.7 Å². The molecule has 4 rings (SSSR count). The van der Waals surface area contributed by atoms with Crippen LogP contribution in [0.25, 0.3) is 11.2 Å². The van der Waals surface area contributed by atoms with Crippen molar-refractivity contribution in [3.63, 3.8) is 0 Å². The lowest BCUT2D eigenvalue weighted by molar-refractivity contribution is -0.137. The third kappa shape index (κ3) is 4.25. The Kier molecular flexibility index (Phi) is 5.79. The maximum absolute atomic E-state index is 13.1. The first-order valence-corrected chi connectivity index (χ1v) is 10.3. The van der Waals surface area contributed by atoms with Gasteiger partial charge in [-0.1, -0.05) is 29.8 Å². The minimum Gasteiger partial charge on any atom is -0.425 e. The maximum Gasteiger partial charge on any atom is 0.416 e. The molecule has 172 valence electrons. The van der Waals surface area contributed by atoms with E-state index in [0.29, 0.717) is 5.02 Å². The molecule has 0 fully saturated rings. The predicted octanol–water partition coefficient (Wildman–Crippen LogP) is 4.43. The largest absolute Gasteiger partial charge is 0.425 e. The molecule has 2 heterocycles. The molecule has 0 aliphatic heterocycles. The van der Waals surface area contributed by atoms with Crippen LogP contribution < -0.4 is 16.0 Å². The van der Waals surface area contributed by atoms with Gasteiger partial charge in [0.1, 0.15) is 5.75 Å². The molecule has 4 aromatic rings. The zero-order valence-corrected chi connectivity index (χ0v) is 18.3. The molecule has 0 bridgehead atoms. The average molecular weight is 479 g/mol. The number of ether oxygens (including phenoxy) is 1. The van der Waals surface area contributed by atoms with Crippen molar-refractivity contribution in [2.75, 3.05) is 0 Å². The molecule has 0 N–H and O–H groups in total. The van der Waals surface area contributed by atoms with Crippen molar-refractivity contribution >= 4 is 22.8 Å². The lowest BCUT2D eigenvalue weighted by Crippen LogP contribution is -2.38. The molecular weight excluding hydrogens is 461 g/mol. The smallest absolute Gasteiger partial charge is 0.416 e. The van der Waals surface area contributed by atoms with E-state index in [0.717, 1.165) is 22.3 Å². The minimum atomic E-state index is -4.55. The van der Waals surface area contributed by atoms with Gasteiger partial charge in [-0.25, -0.2) is 4.79 Å². The molecule has 0 aliphatic carbocycles. The number of benzene rings is 2. The summed E-state index contributed by atoms with van der Waals surface area (Å²) in [6, 6.07) is 11.0. The Hall–Kier alpha value is -3.53. The number of hydrogen-bond acceptors (Lipinski definition) is 4. The molecular formula is C22H18ClF3N4O3. The second kappa shape index (κ2) is 8.43. The number of alkyl halides is 3. The van der Waals surface area contributed by atoms with Crippen molar-refractivity contribution in [2.24, 2.45) is 7.05 Å². The van der Waals surface area contributed by atoms with Gasteiger partial charge in [0.15, 0.2) is 11.2 Å². The third-order valence-corrected chi connectivity index (χ3v) is 5.39. The first-order valence-electron chi connectivity index (χ1n) is 9.89. The minimum absolute atomic E-state index is 0.0848. The second-order valence-corrected chi connectivity index (χ2v) is 7.73. The Bertz CT molecular complexity index is 1450. The van der Waals surface area contributed by atoms with E-state index in [-0.39, 0.29) is 36.0 Å². The number of rotatable bonds is 5. The van der Waals surface area contributed by atoms with Gasteiger partial charge < -0.3 is 4.74 Å². The normalized spacial score (nSPS) is 11.8. The number of aryl methyl sites for hydroxylation is 1. The van der Waals surface area contributed by atoms with Crippen LogP contribution in [0.1, 0.15) is 18.1 Å². The van der Waals surface area contributed by atoms with Crippen LogP contribution in [0.3, 0.4) is 0 Å². The van der Waals surface area contributed by atoms with Crippen molar-refractivity contribution in [3.8, 4) is 11.8 Å². The Balaban J connectivity index is 1.93. The van der Waals surface area contributed by atoms with E-state index in [1.165, 1.54) is 28.3 Å². The molecule has 0 saturated heterocycles. The summed E-state index contributed by atoms with van der Waals surface area (Å²) >= 11 is 5.95. The number of imidazole rings is 1. The molecule has 11 heteroatoms. The lowest BCUT2D eigenvalue weighted by Gasteiger charge is -2.12. The lowest BCUT2D eigenvalue weighted by atomic mass is 10.2. The zero-order valence-electron chi connectivity index (χ0n) is 17.6. The fourth-order valence-corrected chi connectivity index (χ4v) is 3.59. The predicted molar refractivity (Wildman–Crippen MR) is 117 cm³/mol. The quantitative estimate of drug-likeness (QED) is 0.425. The summed E-state index contributed by atoms with van der Waals surface area (Å²) in [7, 11) is 1.35. The van der Waals surface area contributed by atoms with Crippen molar-refractivity contribution in [1.82, 2.24) is 18.7 Å². The number of nitrogens with zero attached hydrogens (tertiary/aromatic N) is 4. The average Bonchev–Trinajstić information content (AvgIpc) is 3.11. The fourth-order valence-electron chi connectivity index (χ4n) is 3.46. The number of halogens is 4. The molecule has 2 aromatic heterocycles. The summed E-state index contributed by atoms with van der Waals surface area (Å²) in [5, 5.41) is 0.519. The molecule has 0 amide bonds. The topological polar surface area (TPSA) is 71.1 Å². The fraction of sp³-hybridized carbons (Fsp3) is 0.227. The van der Waals surface area contributed by atoms with Gasteiger partial charge in [-0.15, -0.1) is 0 Å². The van der Waals surface area contributed by atoms with E-state index < -0.39 is 23.0 Å². The first-order chi connectivity index (χ1) is 15.6. The first kappa shape index (κ1) is 22.7. The van der Waals surface area contributed by atoms with E-state index >= 15 is 0 Å². The Morgan fingerprint density at radius 3 is 2.39 bits per heavy atom. The van der Waals surface area contributed by atoms with Crippen LogP contribution >= 0.6 is 11.6 Å². The Morgan fingerprint density at radius 2 is 1.76 bits per heavy atom. The van der Waals surface area contributed by atoms with Gasteiger partial charge in [0.05, 0.1) is 12.1 Å². The van der Waals surface area contributed by atoms with Crippen LogP contribution in [0.2, 0.25) is 5.02 Å². The van der Waals surface area contributed by atoms with E-state index in [1.54, 1.807) is 31.2 Å². The van der Waals surface area contributed by atoms with Gasteiger partial charge in [-0.2, -0.15) is 18.2 Å². The van der Waals surface area contributed by atoms with Gasteiger partial charge in [-0.05, 0) is 42.8 Å². The Labute approximate surface area is 190 Å². The molecule has 0 unspecified atom stereocenters. The highest BCUT2D eigenvalue weighted by molar-refractivity contribution is 6.30. The molecule has 0 atom stereocenters. The van der Waals surface area contributed by atoms with Crippen molar-refractivity contribution in [3.05, 3.63) is 85.5 Å². The standard InChI is InChI=1S/C22H18ClF3N4O3/c1-3-29-18-17(19(31)28(2)21(29)32)30(12-13-7-9-15(23)10-8-13)20(27-18)33-16-6-4-5-14(11-16)22(24,25)26/h4-11H,3,12H2,1-2H3. The van der Waals surface area contributed by atoms with E-state index in [9.17, 15) is 22.8 Å². The molecule has 7 nitrogen and oxygen atoms in total. The van der Waals surface area contributed by atoms with E-state index in [2.05, 4.69) is 4.98 Å². The summed E-state index contributed by atoms with van der Waals surface area (Å²) in [4.78, 5) is 29.9. The van der Waals surface area contributed by atoms with Crippen LogP contribution in [0.15, 0.2) is 58.1 Å². The van der Waals surface area contributed by atoms with Crippen LogP contribution in [0, 0.1) is 0 Å². The highest BCUT2D eigenvalue weighted by Gasteiger charge is 2.31. The highest BCUT2D eigenvalue weighted by Crippen LogP contribution is 2.33. The van der Waals surface area contributed by atoms with Crippen molar-refractivity contribution < 1.29 is 17.9 Å². The summed E-state index contributed by atoms with van der Waals surface area (Å²) in [6.45, 7) is 2.06. The summed E-state index contributed by atoms with van der Waals surface area (Å²) in [6.07, 6.45) is -4.55. The maximum atomic E-state index is 13.1. The number of fused-ring (bicyclic) bond motifs is 1. The third-order valence-electron chi connectivity index (χ3n) is 5.14. The van der Waals surface area contributed by atoms with Crippen molar-refractivity contribution in [1.29, 1.82) is 0 Å². The second-order valence-electron chi connectivity index (χ2n) is 7.30. The van der Waals surface area contributed by atoms with E-state index in [4.69, 9.17) is 16.3 Å². The van der Waals surface area contributed by atoms with Crippen LogP contribution in [0.5, 0.6) is 11.8 Å². The monoisotopic (exact) mass is 478 g/mol. The highest BCUT2D eigenvalue weighted by atomic mass is 35.5. The molecule has 0 aliphatic rings. The number of aromatic nitrogens is 4. The van der Waals surface area contributed by atoms with Gasteiger partial charge >= 0.3 is 17.9 Å². The van der Waals surface area contributed by atoms with E-state index in [1.807, 2.05) is 0 Å². The molecule has 2 aromatic carbocycles. The number of hydrogen-bond donors (Lipinski definition) is 0. The summed E-state index contributed by atoms with van der Waals surface area (Å²) in [5.41, 5.74) is -1.13. The SMILES string of the molecule is CCn1c(=O)n(C)c(=O)c2c1nc(Oc1cccc(C(F)(F)F)c1)n2Cc1ccc(Cl)cc1. The summed E-state index contributed by atoms with van der Waals surface area (Å²) in [5.74, 6) is -0.111. The van der Waals surface area contributed by atoms with Crippen LogP contribution in [-0.2, 0) is 26.3 Å². The van der Waals surface area contributed by atoms with Crippen molar-refractivity contribution in [2.45, 2.75) is 26.2 Å². The summed E-state index contributed by atoms with van der Waals surface area (Å²) < 4.78 is 48.9. The Morgan fingerprint density at radius 1 is 1.06 bits per heavy atom. The van der Waals surface area contributed by atoms with Gasteiger partial charge in [0.25, 0.3) is 5.56 Å². The van der Waals surface area contributed by atoms with Gasteiger partial charge in [0.2, 0.25) is 0 Å². The molecule has 33 heavy (non-hydrogen) atoms.